The zero-order valence-electron chi connectivity index (χ0n) is 12.0. The first kappa shape index (κ1) is 15.1. The molecule has 0 amide bonds. The van der Waals surface area contributed by atoms with Gasteiger partial charge in [-0.05, 0) is 33.2 Å². The molecule has 102 valence electrons. The van der Waals surface area contributed by atoms with Gasteiger partial charge in [-0.3, -0.25) is 9.11 Å². The molecule has 1 rings (SSSR count). The molecule has 0 saturated carbocycles. The highest BCUT2D eigenvalue weighted by molar-refractivity contribution is 7.84. The molecule has 1 saturated heterocycles. The molecule has 0 radical (unpaired) electrons. The van der Waals surface area contributed by atoms with Crippen LogP contribution < -0.4 is 5.32 Å². The molecule has 1 N–H and O–H groups in total. The highest BCUT2D eigenvalue weighted by atomic mass is 32.2. The number of nitrogens with one attached hydrogen (secondary N) is 1. The van der Waals surface area contributed by atoms with Crippen molar-refractivity contribution in [2.75, 3.05) is 25.9 Å². The van der Waals surface area contributed by atoms with Crippen LogP contribution in [0.1, 0.15) is 40.5 Å². The maximum Gasteiger partial charge on any atom is 0.0329 e. The van der Waals surface area contributed by atoms with E-state index in [-0.39, 0.29) is 5.54 Å². The summed E-state index contributed by atoms with van der Waals surface area (Å²) in [6, 6.07) is 0.590. The Morgan fingerprint density at radius 2 is 2.24 bits per heavy atom. The standard InChI is InChI=1S/C13H28N2OS/c1-6-13(4)10-15(11(2)9-14-13)8-7-12(3)17(5)16/h11-12,14H,6-10H2,1-5H3. The Balaban J connectivity index is 2.48. The fourth-order valence-electron chi connectivity index (χ4n) is 2.23. The zero-order chi connectivity index (χ0) is 13.1. The molecule has 0 aromatic heterocycles. The van der Waals surface area contributed by atoms with E-state index in [0.717, 1.165) is 32.5 Å². The fraction of sp³-hybridized carbons (Fsp3) is 1.00. The zero-order valence-corrected chi connectivity index (χ0v) is 12.8. The van der Waals surface area contributed by atoms with Crippen LogP contribution in [0.5, 0.6) is 0 Å². The van der Waals surface area contributed by atoms with Gasteiger partial charge in [-0.15, -0.1) is 0 Å². The second kappa shape index (κ2) is 6.30. The summed E-state index contributed by atoms with van der Waals surface area (Å²) in [5.41, 5.74) is 0.251. The highest BCUT2D eigenvalue weighted by Gasteiger charge is 2.32. The Kier molecular flexibility index (Phi) is 5.61. The molecule has 1 aliphatic rings. The number of nitrogens with zero attached hydrogens (tertiary/aromatic N) is 1. The van der Waals surface area contributed by atoms with E-state index < -0.39 is 10.8 Å². The summed E-state index contributed by atoms with van der Waals surface area (Å²) in [6.07, 6.45) is 4.00. The van der Waals surface area contributed by atoms with Crippen LogP contribution in [0, 0.1) is 0 Å². The molecular formula is C13H28N2OS. The molecule has 0 bridgehead atoms. The van der Waals surface area contributed by atoms with Crippen LogP contribution in [-0.2, 0) is 10.8 Å². The van der Waals surface area contributed by atoms with Crippen molar-refractivity contribution in [2.24, 2.45) is 0 Å². The molecular weight excluding hydrogens is 232 g/mol. The van der Waals surface area contributed by atoms with Crippen LogP contribution in [0.3, 0.4) is 0 Å². The van der Waals surface area contributed by atoms with Gasteiger partial charge in [-0.1, -0.05) is 13.8 Å². The normalized spacial score (nSPS) is 34.5. The molecule has 4 atom stereocenters. The summed E-state index contributed by atoms with van der Waals surface area (Å²) in [7, 11) is -0.689. The maximum absolute atomic E-state index is 11.4. The molecule has 1 heterocycles. The molecule has 17 heavy (non-hydrogen) atoms. The van der Waals surface area contributed by atoms with Crippen molar-refractivity contribution in [3.63, 3.8) is 0 Å². The number of hydrogen-bond donors (Lipinski definition) is 1. The van der Waals surface area contributed by atoms with Gasteiger partial charge in [0.2, 0.25) is 0 Å². The lowest BCUT2D eigenvalue weighted by Crippen LogP contribution is -2.62. The summed E-state index contributed by atoms with van der Waals surface area (Å²) >= 11 is 0. The molecule has 3 nitrogen and oxygen atoms in total. The van der Waals surface area contributed by atoms with Gasteiger partial charge >= 0.3 is 0 Å². The van der Waals surface area contributed by atoms with Crippen molar-refractivity contribution in [3.05, 3.63) is 0 Å². The minimum absolute atomic E-state index is 0.251. The molecule has 0 aromatic carbocycles. The molecule has 1 fully saturated rings. The van der Waals surface area contributed by atoms with Gasteiger partial charge in [0.05, 0.1) is 0 Å². The van der Waals surface area contributed by atoms with Crippen molar-refractivity contribution in [1.29, 1.82) is 0 Å². The minimum Gasteiger partial charge on any atom is -0.309 e. The largest absolute Gasteiger partial charge is 0.309 e. The van der Waals surface area contributed by atoms with Gasteiger partial charge < -0.3 is 5.32 Å². The van der Waals surface area contributed by atoms with Crippen LogP contribution in [0.4, 0.5) is 0 Å². The Morgan fingerprint density at radius 1 is 1.59 bits per heavy atom. The third-order valence-corrected chi connectivity index (χ3v) is 5.54. The first-order valence-corrected chi connectivity index (χ1v) is 8.31. The van der Waals surface area contributed by atoms with Crippen LogP contribution in [0.15, 0.2) is 0 Å². The molecule has 0 spiro atoms. The Labute approximate surface area is 109 Å². The average Bonchev–Trinajstić information content (AvgIpc) is 2.30. The minimum atomic E-state index is -0.689. The van der Waals surface area contributed by atoms with Crippen LogP contribution in [-0.4, -0.2) is 51.8 Å². The number of hydrogen-bond acceptors (Lipinski definition) is 3. The predicted octanol–water partition coefficient (Wildman–Crippen LogP) is 1.61. The first-order chi connectivity index (χ1) is 7.88. The van der Waals surface area contributed by atoms with Gasteiger partial charge in [0.1, 0.15) is 0 Å². The van der Waals surface area contributed by atoms with E-state index in [9.17, 15) is 4.21 Å². The van der Waals surface area contributed by atoms with E-state index >= 15 is 0 Å². The van der Waals surface area contributed by atoms with Crippen molar-refractivity contribution in [2.45, 2.75) is 57.4 Å². The van der Waals surface area contributed by atoms with Crippen molar-refractivity contribution in [1.82, 2.24) is 10.2 Å². The SMILES string of the molecule is CCC1(C)CN(CCC(C)S(C)=O)C(C)CN1. The lowest BCUT2D eigenvalue weighted by atomic mass is 9.93. The van der Waals surface area contributed by atoms with Crippen LogP contribution in [0.2, 0.25) is 0 Å². The lowest BCUT2D eigenvalue weighted by Gasteiger charge is -2.45. The fourth-order valence-corrected chi connectivity index (χ4v) is 2.67. The smallest absolute Gasteiger partial charge is 0.0329 e. The van der Waals surface area contributed by atoms with E-state index in [4.69, 9.17) is 0 Å². The van der Waals surface area contributed by atoms with Gasteiger partial charge in [0.25, 0.3) is 0 Å². The summed E-state index contributed by atoms with van der Waals surface area (Å²) in [5.74, 6) is 0. The second-order valence-corrected chi connectivity index (χ2v) is 7.51. The monoisotopic (exact) mass is 260 g/mol. The third kappa shape index (κ3) is 4.34. The second-order valence-electron chi connectivity index (χ2n) is 5.71. The molecule has 0 aromatic rings. The lowest BCUT2D eigenvalue weighted by molar-refractivity contribution is 0.0922. The maximum atomic E-state index is 11.4. The quantitative estimate of drug-likeness (QED) is 0.815. The predicted molar refractivity (Wildman–Crippen MR) is 75.9 cm³/mol. The van der Waals surface area contributed by atoms with Gasteiger partial charge in [-0.2, -0.15) is 0 Å². The molecule has 4 unspecified atom stereocenters. The van der Waals surface area contributed by atoms with Crippen molar-refractivity contribution in [3.8, 4) is 0 Å². The molecule has 0 aliphatic carbocycles. The Hall–Kier alpha value is 0.0700. The summed E-state index contributed by atoms with van der Waals surface area (Å²) < 4.78 is 11.4. The van der Waals surface area contributed by atoms with E-state index in [0.29, 0.717) is 11.3 Å². The first-order valence-electron chi connectivity index (χ1n) is 6.69. The highest BCUT2D eigenvalue weighted by Crippen LogP contribution is 2.19. The van der Waals surface area contributed by atoms with Crippen LogP contribution >= 0.6 is 0 Å². The topological polar surface area (TPSA) is 32.3 Å². The number of piperazine rings is 1. The summed E-state index contributed by atoms with van der Waals surface area (Å²) in [4.78, 5) is 2.54. The van der Waals surface area contributed by atoms with Crippen molar-refractivity contribution >= 4 is 10.8 Å². The third-order valence-electron chi connectivity index (χ3n) is 4.17. The van der Waals surface area contributed by atoms with Gasteiger partial charge in [0.15, 0.2) is 0 Å². The Morgan fingerprint density at radius 3 is 2.76 bits per heavy atom. The van der Waals surface area contributed by atoms with Gasteiger partial charge in [0, 0.05) is 47.0 Å². The van der Waals surface area contributed by atoms with E-state index in [2.05, 4.69) is 37.9 Å². The molecule has 4 heteroatoms. The van der Waals surface area contributed by atoms with E-state index in [1.165, 1.54) is 0 Å². The van der Waals surface area contributed by atoms with Crippen molar-refractivity contribution < 1.29 is 4.21 Å². The summed E-state index contributed by atoms with van der Waals surface area (Å²) in [5, 5.41) is 3.94. The number of rotatable bonds is 5. The Bertz CT molecular complexity index is 272. The summed E-state index contributed by atoms with van der Waals surface area (Å²) in [6.45, 7) is 12.1. The molecule has 1 aliphatic heterocycles. The van der Waals surface area contributed by atoms with Gasteiger partial charge in [-0.25, -0.2) is 0 Å². The average molecular weight is 260 g/mol. The van der Waals surface area contributed by atoms with E-state index in [1.54, 1.807) is 0 Å². The van der Waals surface area contributed by atoms with Crippen LogP contribution in [0.25, 0.3) is 0 Å². The van der Waals surface area contributed by atoms with E-state index in [1.807, 2.05) is 6.26 Å².